The molecule has 0 aromatic heterocycles. The number of hydrogen-bond donors (Lipinski definition) is 0. The van der Waals surface area contributed by atoms with Crippen molar-refractivity contribution in [2.24, 2.45) is 0 Å². The molecule has 0 saturated carbocycles. The summed E-state index contributed by atoms with van der Waals surface area (Å²) < 4.78 is 12.0. The Kier molecular flexibility index (Phi) is 11.3. The van der Waals surface area contributed by atoms with Crippen molar-refractivity contribution in [3.63, 3.8) is 0 Å². The van der Waals surface area contributed by atoms with Crippen molar-refractivity contribution in [2.75, 3.05) is 27.2 Å². The monoisotopic (exact) mass is 440 g/mol. The molecule has 0 heterocycles. The molecule has 0 spiro atoms. The van der Waals surface area contributed by atoms with Crippen LogP contribution >= 0.6 is 0 Å². The summed E-state index contributed by atoms with van der Waals surface area (Å²) in [6, 6.07) is 18.5. The molecule has 0 radical (unpaired) electrons. The van der Waals surface area contributed by atoms with Gasteiger partial charge in [-0.05, 0) is 37.5 Å². The first-order valence-corrected chi connectivity index (χ1v) is 12.1. The van der Waals surface area contributed by atoms with Crippen LogP contribution in [0.3, 0.4) is 0 Å². The molecule has 4 nitrogen and oxygen atoms in total. The number of unbranched alkanes of at least 4 members (excludes halogenated alkanes) is 5. The number of hydrogen-bond acceptors (Lipinski definition) is 3. The van der Waals surface area contributed by atoms with E-state index in [2.05, 4.69) is 31.2 Å². The number of carbonyl (C=O) groups excluding carboxylic acids is 1. The molecule has 0 saturated heterocycles. The Balaban J connectivity index is 1.66. The van der Waals surface area contributed by atoms with Crippen LogP contribution in [0.15, 0.2) is 54.6 Å². The normalized spacial score (nSPS) is 12.4. The summed E-state index contributed by atoms with van der Waals surface area (Å²) >= 11 is 0. The number of ether oxygens (including phenoxy) is 2. The maximum Gasteiger partial charge on any atom is 0.361 e. The minimum absolute atomic E-state index is 0.187. The van der Waals surface area contributed by atoms with Crippen LogP contribution < -0.4 is 4.74 Å². The lowest BCUT2D eigenvalue weighted by molar-refractivity contribution is -0.896. The van der Waals surface area contributed by atoms with Crippen LogP contribution in [0.25, 0.3) is 0 Å². The lowest BCUT2D eigenvalue weighted by Crippen LogP contribution is -2.44. The Labute approximate surface area is 195 Å². The summed E-state index contributed by atoms with van der Waals surface area (Å²) in [5.74, 6) is 0.621. The SMILES string of the molecule is CCCCCCCCc1ccc(OC(C)COC(=O)C[N+](C)(C)Cc2ccccc2)cc1. The van der Waals surface area contributed by atoms with Gasteiger partial charge in [0.15, 0.2) is 6.54 Å². The van der Waals surface area contributed by atoms with Crippen LogP contribution in [0.2, 0.25) is 0 Å². The molecule has 2 rings (SSSR count). The van der Waals surface area contributed by atoms with Crippen molar-refractivity contribution in [3.8, 4) is 5.75 Å². The molecule has 0 bridgehead atoms. The molecule has 2 aromatic carbocycles. The molecule has 1 unspecified atom stereocenters. The molecule has 0 aliphatic rings. The molecule has 2 aromatic rings. The van der Waals surface area contributed by atoms with Gasteiger partial charge in [-0.25, -0.2) is 4.79 Å². The zero-order valence-electron chi connectivity index (χ0n) is 20.5. The van der Waals surface area contributed by atoms with Gasteiger partial charge in [0.05, 0.1) is 14.1 Å². The first-order valence-electron chi connectivity index (χ1n) is 12.1. The Morgan fingerprint density at radius 2 is 1.53 bits per heavy atom. The largest absolute Gasteiger partial charge is 0.487 e. The fraction of sp³-hybridized carbons (Fsp3) is 0.536. The minimum Gasteiger partial charge on any atom is -0.487 e. The van der Waals surface area contributed by atoms with Crippen molar-refractivity contribution in [1.82, 2.24) is 0 Å². The Morgan fingerprint density at radius 1 is 0.875 bits per heavy atom. The van der Waals surface area contributed by atoms with E-state index in [0.29, 0.717) is 11.0 Å². The van der Waals surface area contributed by atoms with Crippen molar-refractivity contribution in [2.45, 2.75) is 71.4 Å². The number of esters is 1. The predicted octanol–water partition coefficient (Wildman–Crippen LogP) is 6.18. The summed E-state index contributed by atoms with van der Waals surface area (Å²) in [7, 11) is 4.09. The number of nitrogens with zero attached hydrogens (tertiary/aromatic N) is 1. The van der Waals surface area contributed by atoms with Gasteiger partial charge in [-0.15, -0.1) is 0 Å². The Hall–Kier alpha value is -2.33. The summed E-state index contributed by atoms with van der Waals surface area (Å²) in [5, 5.41) is 0. The summed E-state index contributed by atoms with van der Waals surface area (Å²) in [4.78, 5) is 12.3. The molecule has 176 valence electrons. The van der Waals surface area contributed by atoms with Gasteiger partial charge in [0.1, 0.15) is 25.0 Å². The molecule has 0 N–H and O–H groups in total. The second kappa shape index (κ2) is 13.9. The highest BCUT2D eigenvalue weighted by atomic mass is 16.6. The summed E-state index contributed by atoms with van der Waals surface area (Å²) in [6.07, 6.45) is 8.83. The van der Waals surface area contributed by atoms with Gasteiger partial charge >= 0.3 is 5.97 Å². The van der Waals surface area contributed by atoms with Crippen LogP contribution in [0.5, 0.6) is 5.75 Å². The van der Waals surface area contributed by atoms with Gasteiger partial charge in [0, 0.05) is 5.56 Å². The van der Waals surface area contributed by atoms with Crippen LogP contribution in [0.1, 0.15) is 63.5 Å². The number of likely N-dealkylation sites (N-methyl/N-ethyl adjacent to an activating group) is 1. The smallest absolute Gasteiger partial charge is 0.361 e. The third-order valence-electron chi connectivity index (χ3n) is 5.57. The van der Waals surface area contributed by atoms with Gasteiger partial charge < -0.3 is 14.0 Å². The number of aryl methyl sites for hydroxylation is 1. The van der Waals surface area contributed by atoms with Crippen molar-refractivity contribution < 1.29 is 18.8 Å². The van der Waals surface area contributed by atoms with Gasteiger partial charge in [-0.2, -0.15) is 0 Å². The highest BCUT2D eigenvalue weighted by Gasteiger charge is 2.22. The number of quaternary nitrogens is 1. The Bertz CT molecular complexity index is 771. The molecule has 0 amide bonds. The lowest BCUT2D eigenvalue weighted by atomic mass is 10.0. The Morgan fingerprint density at radius 3 is 2.22 bits per heavy atom. The zero-order chi connectivity index (χ0) is 23.2. The van der Waals surface area contributed by atoms with E-state index in [1.165, 1.54) is 49.7 Å². The number of carbonyl (C=O) groups is 1. The van der Waals surface area contributed by atoms with E-state index < -0.39 is 0 Å². The fourth-order valence-electron chi connectivity index (χ4n) is 3.85. The summed E-state index contributed by atoms with van der Waals surface area (Å²) in [6.45, 7) is 5.55. The van der Waals surface area contributed by atoms with E-state index in [1.807, 2.05) is 51.4 Å². The average Bonchev–Trinajstić information content (AvgIpc) is 2.76. The first kappa shape index (κ1) is 25.9. The van der Waals surface area contributed by atoms with E-state index in [0.717, 1.165) is 18.7 Å². The van der Waals surface area contributed by atoms with Crippen molar-refractivity contribution >= 4 is 5.97 Å². The van der Waals surface area contributed by atoms with E-state index in [-0.39, 0.29) is 18.7 Å². The highest BCUT2D eigenvalue weighted by molar-refractivity contribution is 5.70. The minimum atomic E-state index is -0.198. The molecular weight excluding hydrogens is 398 g/mol. The second-order valence-corrected chi connectivity index (χ2v) is 9.51. The predicted molar refractivity (Wildman–Crippen MR) is 132 cm³/mol. The fourth-order valence-corrected chi connectivity index (χ4v) is 3.85. The van der Waals surface area contributed by atoms with Gasteiger partial charge in [0.2, 0.25) is 0 Å². The first-order chi connectivity index (χ1) is 15.4. The summed E-state index contributed by atoms with van der Waals surface area (Å²) in [5.41, 5.74) is 2.56. The van der Waals surface area contributed by atoms with Gasteiger partial charge in [0.25, 0.3) is 0 Å². The molecule has 0 aliphatic carbocycles. The number of benzene rings is 2. The van der Waals surface area contributed by atoms with E-state index >= 15 is 0 Å². The third kappa shape index (κ3) is 10.8. The van der Waals surface area contributed by atoms with E-state index in [1.54, 1.807) is 0 Å². The standard InChI is InChI=1S/C28H42NO3/c1-5-6-7-8-9-11-14-25-17-19-27(20-18-25)32-24(2)23-31-28(30)22-29(3,4)21-26-15-12-10-13-16-26/h10,12-13,15-20,24H,5-9,11,14,21-23H2,1-4H3/q+1. The quantitative estimate of drug-likeness (QED) is 0.189. The maximum atomic E-state index is 12.3. The van der Waals surface area contributed by atoms with E-state index in [9.17, 15) is 4.79 Å². The number of rotatable bonds is 15. The average molecular weight is 441 g/mol. The topological polar surface area (TPSA) is 35.5 Å². The van der Waals surface area contributed by atoms with Crippen LogP contribution in [0.4, 0.5) is 0 Å². The molecular formula is C28H42NO3+. The van der Waals surface area contributed by atoms with Crippen LogP contribution in [-0.2, 0) is 22.5 Å². The van der Waals surface area contributed by atoms with Crippen molar-refractivity contribution in [3.05, 3.63) is 65.7 Å². The lowest BCUT2D eigenvalue weighted by Gasteiger charge is -2.28. The van der Waals surface area contributed by atoms with E-state index in [4.69, 9.17) is 9.47 Å². The zero-order valence-corrected chi connectivity index (χ0v) is 20.5. The maximum absolute atomic E-state index is 12.3. The molecule has 4 heteroatoms. The molecule has 0 aliphatic heterocycles. The van der Waals surface area contributed by atoms with Crippen LogP contribution in [-0.4, -0.2) is 43.8 Å². The van der Waals surface area contributed by atoms with Crippen molar-refractivity contribution in [1.29, 1.82) is 0 Å². The second-order valence-electron chi connectivity index (χ2n) is 9.51. The van der Waals surface area contributed by atoms with Crippen LogP contribution in [0, 0.1) is 0 Å². The molecule has 32 heavy (non-hydrogen) atoms. The van der Waals surface area contributed by atoms with Gasteiger partial charge in [-0.1, -0.05) is 81.5 Å². The highest BCUT2D eigenvalue weighted by Crippen LogP contribution is 2.17. The molecule has 0 fully saturated rings. The van der Waals surface area contributed by atoms with Gasteiger partial charge in [-0.3, -0.25) is 0 Å². The molecule has 1 atom stereocenters. The third-order valence-corrected chi connectivity index (χ3v) is 5.57.